The van der Waals surface area contributed by atoms with Crippen molar-refractivity contribution in [2.75, 3.05) is 0 Å². The van der Waals surface area contributed by atoms with Crippen molar-refractivity contribution in [3.63, 3.8) is 0 Å². The van der Waals surface area contributed by atoms with Crippen molar-refractivity contribution in [3.8, 4) is 0 Å². The van der Waals surface area contributed by atoms with Crippen LogP contribution in [0.15, 0.2) is 0 Å². The zero-order chi connectivity index (χ0) is 12.9. The fourth-order valence-electron chi connectivity index (χ4n) is 2.60. The molecular weight excluding hydrogens is 219 g/mol. The van der Waals surface area contributed by atoms with Gasteiger partial charge in [-0.1, -0.05) is 20.3 Å². The minimum atomic E-state index is -1.71. The number of carbonyl (C=O) groups is 2. The van der Waals surface area contributed by atoms with Gasteiger partial charge in [0, 0.05) is 5.92 Å². The first-order valence-corrected chi connectivity index (χ1v) is 6.78. The van der Waals surface area contributed by atoms with Gasteiger partial charge in [0.15, 0.2) is 11.5 Å². The van der Waals surface area contributed by atoms with Crippen LogP contribution < -0.4 is 0 Å². The molecule has 1 rings (SSSR count). The number of Topliss-reactive ketones (excluding diaryl/α,β-unsaturated/α-hetero) is 2. The maximum Gasteiger partial charge on any atom is 0.177 e. The average Bonchev–Trinajstić information content (AvgIpc) is 2.31. The van der Waals surface area contributed by atoms with Crippen LogP contribution in [0.25, 0.3) is 0 Å². The summed E-state index contributed by atoms with van der Waals surface area (Å²) in [4.78, 5) is 23.7. The van der Waals surface area contributed by atoms with Gasteiger partial charge in [-0.05, 0) is 38.5 Å². The summed E-state index contributed by atoms with van der Waals surface area (Å²) >= 11 is 0. The molecule has 3 heteroatoms. The Labute approximate surface area is 103 Å². The molecule has 1 saturated carbocycles. The van der Waals surface area contributed by atoms with Gasteiger partial charge in [0.05, 0.1) is 6.42 Å². The van der Waals surface area contributed by atoms with Gasteiger partial charge >= 0.3 is 0 Å². The largest absolute Gasteiger partial charge is 0.299 e. The second-order valence-electron chi connectivity index (χ2n) is 5.11. The van der Waals surface area contributed by atoms with Crippen molar-refractivity contribution in [2.45, 2.75) is 70.9 Å². The molecular formula is C14H23FO2. The second kappa shape index (κ2) is 6.27. The van der Waals surface area contributed by atoms with E-state index in [1.165, 1.54) is 0 Å². The normalized spacial score (nSPS) is 19.3. The Morgan fingerprint density at radius 1 is 1.12 bits per heavy atom. The van der Waals surface area contributed by atoms with E-state index < -0.39 is 11.5 Å². The lowest BCUT2D eigenvalue weighted by Gasteiger charge is -2.28. The molecule has 0 aromatic heterocycles. The molecule has 0 aliphatic heterocycles. The lowest BCUT2D eigenvalue weighted by molar-refractivity contribution is -0.137. The van der Waals surface area contributed by atoms with Crippen LogP contribution in [0.5, 0.6) is 0 Å². The zero-order valence-electron chi connectivity index (χ0n) is 10.9. The predicted molar refractivity (Wildman–Crippen MR) is 65.6 cm³/mol. The van der Waals surface area contributed by atoms with Crippen LogP contribution in [-0.2, 0) is 9.59 Å². The highest BCUT2D eigenvalue weighted by Gasteiger charge is 2.40. The summed E-state index contributed by atoms with van der Waals surface area (Å²) in [6, 6.07) is 0. The van der Waals surface area contributed by atoms with Gasteiger partial charge in [0.2, 0.25) is 0 Å². The molecule has 0 atom stereocenters. The summed E-state index contributed by atoms with van der Waals surface area (Å²) in [5.74, 6) is -0.636. The topological polar surface area (TPSA) is 34.1 Å². The van der Waals surface area contributed by atoms with Gasteiger partial charge in [-0.15, -0.1) is 0 Å². The SMILES string of the molecule is CCC(CC)C(=O)CC(=O)C1(F)CCCCC1. The molecule has 0 aromatic rings. The smallest absolute Gasteiger partial charge is 0.177 e. The number of halogens is 1. The minimum absolute atomic E-state index is 0.0776. The van der Waals surface area contributed by atoms with Gasteiger partial charge in [-0.2, -0.15) is 0 Å². The summed E-state index contributed by atoms with van der Waals surface area (Å²) in [6.45, 7) is 3.87. The molecule has 17 heavy (non-hydrogen) atoms. The number of carbonyl (C=O) groups excluding carboxylic acids is 2. The second-order valence-corrected chi connectivity index (χ2v) is 5.11. The van der Waals surface area contributed by atoms with E-state index in [1.54, 1.807) is 0 Å². The first-order chi connectivity index (χ1) is 8.03. The fraction of sp³-hybridized carbons (Fsp3) is 0.857. The number of hydrogen-bond donors (Lipinski definition) is 0. The van der Waals surface area contributed by atoms with Crippen molar-refractivity contribution < 1.29 is 14.0 Å². The van der Waals surface area contributed by atoms with Crippen LogP contribution in [0.1, 0.15) is 65.2 Å². The van der Waals surface area contributed by atoms with Crippen LogP contribution >= 0.6 is 0 Å². The van der Waals surface area contributed by atoms with E-state index >= 15 is 0 Å². The van der Waals surface area contributed by atoms with Crippen LogP contribution in [0.4, 0.5) is 4.39 Å². The van der Waals surface area contributed by atoms with Crippen molar-refractivity contribution in [3.05, 3.63) is 0 Å². The van der Waals surface area contributed by atoms with E-state index in [0.717, 1.165) is 32.1 Å². The van der Waals surface area contributed by atoms with E-state index in [0.29, 0.717) is 12.8 Å². The monoisotopic (exact) mass is 242 g/mol. The number of hydrogen-bond acceptors (Lipinski definition) is 2. The molecule has 0 spiro atoms. The molecule has 98 valence electrons. The van der Waals surface area contributed by atoms with E-state index in [9.17, 15) is 14.0 Å². The van der Waals surface area contributed by atoms with Crippen molar-refractivity contribution >= 4 is 11.6 Å². The molecule has 1 aliphatic carbocycles. The molecule has 0 unspecified atom stereocenters. The average molecular weight is 242 g/mol. The van der Waals surface area contributed by atoms with Crippen molar-refractivity contribution in [1.29, 1.82) is 0 Å². The van der Waals surface area contributed by atoms with Crippen molar-refractivity contribution in [2.24, 2.45) is 5.92 Å². The van der Waals surface area contributed by atoms with E-state index in [-0.39, 0.29) is 18.1 Å². The molecule has 0 radical (unpaired) electrons. The van der Waals surface area contributed by atoms with Gasteiger partial charge < -0.3 is 0 Å². The highest BCUT2D eigenvalue weighted by Crippen LogP contribution is 2.33. The third-order valence-corrected chi connectivity index (χ3v) is 3.92. The highest BCUT2D eigenvalue weighted by atomic mass is 19.1. The minimum Gasteiger partial charge on any atom is -0.299 e. The molecule has 0 bridgehead atoms. The Kier molecular flexibility index (Phi) is 5.29. The van der Waals surface area contributed by atoms with Crippen LogP contribution in [0.2, 0.25) is 0 Å². The molecule has 0 amide bonds. The molecule has 0 heterocycles. The maximum atomic E-state index is 14.3. The lowest BCUT2D eigenvalue weighted by atomic mass is 9.80. The first-order valence-electron chi connectivity index (χ1n) is 6.78. The standard InChI is InChI=1S/C14H23FO2/c1-3-11(4-2)12(16)10-13(17)14(15)8-6-5-7-9-14/h11H,3-10H2,1-2H3. The number of alkyl halides is 1. The molecule has 1 aliphatic rings. The Morgan fingerprint density at radius 3 is 2.12 bits per heavy atom. The summed E-state index contributed by atoms with van der Waals surface area (Å²) in [7, 11) is 0. The molecule has 1 fully saturated rings. The fourth-order valence-corrected chi connectivity index (χ4v) is 2.60. The summed E-state index contributed by atoms with van der Waals surface area (Å²) in [5.41, 5.74) is -1.71. The van der Waals surface area contributed by atoms with Gasteiger partial charge in [-0.25, -0.2) is 4.39 Å². The molecule has 0 aromatic carbocycles. The quantitative estimate of drug-likeness (QED) is 0.667. The van der Waals surface area contributed by atoms with Gasteiger partial charge in [0.1, 0.15) is 5.78 Å². The number of rotatable bonds is 6. The van der Waals surface area contributed by atoms with E-state index in [1.807, 2.05) is 13.8 Å². The maximum absolute atomic E-state index is 14.3. The Bertz CT molecular complexity index is 276. The van der Waals surface area contributed by atoms with E-state index in [2.05, 4.69) is 0 Å². The zero-order valence-corrected chi connectivity index (χ0v) is 10.9. The molecule has 2 nitrogen and oxygen atoms in total. The Hall–Kier alpha value is -0.730. The van der Waals surface area contributed by atoms with E-state index in [4.69, 9.17) is 0 Å². The first kappa shape index (κ1) is 14.3. The van der Waals surface area contributed by atoms with Gasteiger partial charge in [-0.3, -0.25) is 9.59 Å². The lowest BCUT2D eigenvalue weighted by Crippen LogP contribution is -2.38. The van der Waals surface area contributed by atoms with Crippen LogP contribution in [0, 0.1) is 5.92 Å². The summed E-state index contributed by atoms with van der Waals surface area (Å²) in [5, 5.41) is 0. The predicted octanol–water partition coefficient (Wildman–Crippen LogP) is 3.62. The van der Waals surface area contributed by atoms with Crippen molar-refractivity contribution in [1.82, 2.24) is 0 Å². The van der Waals surface area contributed by atoms with Crippen LogP contribution in [-0.4, -0.2) is 17.2 Å². The third-order valence-electron chi connectivity index (χ3n) is 3.92. The number of ketones is 2. The molecule has 0 saturated heterocycles. The summed E-state index contributed by atoms with van der Waals surface area (Å²) in [6.07, 6.45) is 4.42. The Morgan fingerprint density at radius 2 is 1.65 bits per heavy atom. The highest BCUT2D eigenvalue weighted by molar-refractivity contribution is 6.03. The molecule has 0 N–H and O–H groups in total. The third kappa shape index (κ3) is 3.62. The summed E-state index contributed by atoms with van der Waals surface area (Å²) < 4.78 is 14.3. The Balaban J connectivity index is 2.55. The van der Waals surface area contributed by atoms with Crippen LogP contribution in [0.3, 0.4) is 0 Å². The van der Waals surface area contributed by atoms with Gasteiger partial charge in [0.25, 0.3) is 0 Å².